The van der Waals surface area contributed by atoms with Crippen molar-refractivity contribution in [2.75, 3.05) is 13.7 Å². The number of aliphatic hydroxyl groups excluding tert-OH is 1. The van der Waals surface area contributed by atoms with Crippen LogP contribution in [0, 0.1) is 29.1 Å². The van der Waals surface area contributed by atoms with Gasteiger partial charge in [-0.05, 0) is 42.2 Å². The van der Waals surface area contributed by atoms with Crippen molar-refractivity contribution in [1.29, 1.82) is 5.26 Å². The van der Waals surface area contributed by atoms with Crippen molar-refractivity contribution in [2.45, 2.75) is 31.4 Å². The van der Waals surface area contributed by atoms with Crippen LogP contribution in [-0.4, -0.2) is 25.0 Å². The Morgan fingerprint density at radius 3 is 2.82 bits per heavy atom. The second-order valence-corrected chi connectivity index (χ2v) is 6.23. The number of nitriles is 1. The van der Waals surface area contributed by atoms with E-state index in [1.807, 2.05) is 18.2 Å². The zero-order valence-corrected chi connectivity index (χ0v) is 13.6. The summed E-state index contributed by atoms with van der Waals surface area (Å²) in [4.78, 5) is 0. The number of aliphatic hydroxyl groups is 1. The molecule has 0 aromatic heterocycles. The molecule has 1 aliphatic heterocycles. The van der Waals surface area contributed by atoms with Gasteiger partial charge in [-0.3, -0.25) is 5.32 Å². The molecule has 2 fully saturated rings. The highest BCUT2D eigenvalue weighted by molar-refractivity contribution is 5.85. The summed E-state index contributed by atoms with van der Waals surface area (Å²) in [6, 6.07) is 10.4. The number of nitrogens with one attached hydrogen (secondary N) is 1. The highest BCUT2D eigenvalue weighted by atomic mass is 35.5. The van der Waals surface area contributed by atoms with E-state index in [9.17, 15) is 5.11 Å². The summed E-state index contributed by atoms with van der Waals surface area (Å²) in [5, 5.41) is 22.4. The molecular weight excluding hydrogens is 300 g/mol. The standard InChI is InChI=1S/C17H22N2O2.ClH/c1-21-16-5-3-2-4-12(16)13-8-11(6-7-18)9-14-15(13)10-19-17(14)20;/h2-5,11,13-15,17,19-20H,6,8-10H2,1H3;1H/t11-,13+,14+,15-,17?;/m0./s1. The third-order valence-corrected chi connectivity index (χ3v) is 5.15. The van der Waals surface area contributed by atoms with Crippen LogP contribution in [0.3, 0.4) is 0 Å². The molecule has 5 heteroatoms. The van der Waals surface area contributed by atoms with Crippen LogP contribution in [-0.2, 0) is 0 Å². The van der Waals surface area contributed by atoms with Gasteiger partial charge in [0, 0.05) is 18.9 Å². The summed E-state index contributed by atoms with van der Waals surface area (Å²) in [7, 11) is 1.70. The van der Waals surface area contributed by atoms with Gasteiger partial charge in [-0.2, -0.15) is 5.26 Å². The molecule has 22 heavy (non-hydrogen) atoms. The molecule has 1 aromatic rings. The molecule has 1 unspecified atom stereocenters. The Bertz CT molecular complexity index is 546. The lowest BCUT2D eigenvalue weighted by Gasteiger charge is -2.38. The van der Waals surface area contributed by atoms with Crippen LogP contribution in [0.15, 0.2) is 24.3 Å². The van der Waals surface area contributed by atoms with Crippen LogP contribution in [0.1, 0.15) is 30.7 Å². The predicted molar refractivity (Wildman–Crippen MR) is 86.9 cm³/mol. The van der Waals surface area contributed by atoms with E-state index in [0.717, 1.165) is 25.1 Å². The minimum Gasteiger partial charge on any atom is -0.496 e. The van der Waals surface area contributed by atoms with Gasteiger partial charge in [0.05, 0.1) is 13.2 Å². The molecule has 0 amide bonds. The summed E-state index contributed by atoms with van der Waals surface area (Å²) in [6.07, 6.45) is 2.08. The second kappa shape index (κ2) is 7.32. The monoisotopic (exact) mass is 322 g/mol. The quantitative estimate of drug-likeness (QED) is 0.898. The van der Waals surface area contributed by atoms with Gasteiger partial charge in [0.15, 0.2) is 0 Å². The van der Waals surface area contributed by atoms with E-state index in [-0.39, 0.29) is 18.3 Å². The van der Waals surface area contributed by atoms with E-state index in [4.69, 9.17) is 10.00 Å². The largest absolute Gasteiger partial charge is 0.496 e. The van der Waals surface area contributed by atoms with Crippen molar-refractivity contribution >= 4 is 12.4 Å². The minimum absolute atomic E-state index is 0. The van der Waals surface area contributed by atoms with Gasteiger partial charge in [-0.25, -0.2) is 0 Å². The summed E-state index contributed by atoms with van der Waals surface area (Å²) in [6.45, 7) is 0.841. The zero-order chi connectivity index (χ0) is 14.8. The Kier molecular flexibility index (Phi) is 5.69. The summed E-state index contributed by atoms with van der Waals surface area (Å²) >= 11 is 0. The van der Waals surface area contributed by atoms with E-state index in [2.05, 4.69) is 17.5 Å². The van der Waals surface area contributed by atoms with Crippen LogP contribution >= 0.6 is 12.4 Å². The first kappa shape index (κ1) is 17.1. The zero-order valence-electron chi connectivity index (χ0n) is 12.7. The van der Waals surface area contributed by atoms with Crippen molar-refractivity contribution < 1.29 is 9.84 Å². The van der Waals surface area contributed by atoms with Gasteiger partial charge in [-0.15, -0.1) is 12.4 Å². The molecule has 0 spiro atoms. The molecule has 3 rings (SSSR count). The van der Waals surface area contributed by atoms with E-state index in [1.165, 1.54) is 5.56 Å². The Hall–Kier alpha value is -1.28. The lowest BCUT2D eigenvalue weighted by Crippen LogP contribution is -2.34. The van der Waals surface area contributed by atoms with Gasteiger partial charge >= 0.3 is 0 Å². The maximum atomic E-state index is 10.2. The number of hydrogen-bond donors (Lipinski definition) is 2. The minimum atomic E-state index is -0.436. The van der Waals surface area contributed by atoms with E-state index >= 15 is 0 Å². The van der Waals surface area contributed by atoms with Gasteiger partial charge < -0.3 is 9.84 Å². The number of ether oxygens (including phenoxy) is 1. The smallest absolute Gasteiger partial charge is 0.122 e. The van der Waals surface area contributed by atoms with Gasteiger partial charge in [0.25, 0.3) is 0 Å². The lowest BCUT2D eigenvalue weighted by atomic mass is 9.66. The van der Waals surface area contributed by atoms with Crippen LogP contribution in [0.2, 0.25) is 0 Å². The second-order valence-electron chi connectivity index (χ2n) is 6.23. The Labute approximate surface area is 137 Å². The third kappa shape index (κ3) is 3.08. The molecule has 1 heterocycles. The van der Waals surface area contributed by atoms with Gasteiger partial charge in [-0.1, -0.05) is 18.2 Å². The van der Waals surface area contributed by atoms with Crippen LogP contribution in [0.5, 0.6) is 5.75 Å². The molecule has 0 bridgehead atoms. The van der Waals surface area contributed by atoms with E-state index < -0.39 is 6.23 Å². The Morgan fingerprint density at radius 2 is 2.09 bits per heavy atom. The van der Waals surface area contributed by atoms with Crippen molar-refractivity contribution in [3.8, 4) is 11.8 Å². The van der Waals surface area contributed by atoms with Gasteiger partial charge in [0.1, 0.15) is 12.0 Å². The number of rotatable bonds is 3. The van der Waals surface area contributed by atoms with Crippen molar-refractivity contribution in [3.63, 3.8) is 0 Å². The Morgan fingerprint density at radius 1 is 1.32 bits per heavy atom. The molecule has 2 aliphatic rings. The van der Waals surface area contributed by atoms with Crippen molar-refractivity contribution in [2.24, 2.45) is 17.8 Å². The topological polar surface area (TPSA) is 65.3 Å². The van der Waals surface area contributed by atoms with Crippen molar-refractivity contribution in [1.82, 2.24) is 5.32 Å². The van der Waals surface area contributed by atoms with Crippen LogP contribution in [0.25, 0.3) is 0 Å². The molecule has 1 aliphatic carbocycles. The number of benzene rings is 1. The third-order valence-electron chi connectivity index (χ3n) is 5.15. The van der Waals surface area contributed by atoms with Gasteiger partial charge in [0.2, 0.25) is 0 Å². The summed E-state index contributed by atoms with van der Waals surface area (Å²) in [5.41, 5.74) is 1.22. The fourth-order valence-corrected chi connectivity index (χ4v) is 4.18. The fourth-order valence-electron chi connectivity index (χ4n) is 4.18. The molecule has 5 atom stereocenters. The fraction of sp³-hybridized carbons (Fsp3) is 0.588. The number of para-hydroxylation sites is 1. The molecule has 2 N–H and O–H groups in total. The number of hydrogen-bond acceptors (Lipinski definition) is 4. The molecule has 1 aromatic carbocycles. The average Bonchev–Trinajstić information content (AvgIpc) is 2.88. The average molecular weight is 323 g/mol. The molecular formula is C17H23ClN2O2. The molecule has 0 radical (unpaired) electrons. The van der Waals surface area contributed by atoms with Crippen molar-refractivity contribution in [3.05, 3.63) is 29.8 Å². The van der Waals surface area contributed by atoms with E-state index in [1.54, 1.807) is 7.11 Å². The van der Waals surface area contributed by atoms with Crippen LogP contribution in [0.4, 0.5) is 0 Å². The predicted octanol–water partition coefficient (Wildman–Crippen LogP) is 2.68. The van der Waals surface area contributed by atoms with E-state index in [0.29, 0.717) is 24.2 Å². The first-order valence-corrected chi connectivity index (χ1v) is 7.66. The van der Waals surface area contributed by atoms with Crippen LogP contribution < -0.4 is 10.1 Å². The highest BCUT2D eigenvalue weighted by Gasteiger charge is 2.45. The first-order valence-electron chi connectivity index (χ1n) is 7.66. The number of fused-ring (bicyclic) bond motifs is 1. The number of methoxy groups -OCH3 is 1. The summed E-state index contributed by atoms with van der Waals surface area (Å²) in [5.74, 6) is 2.29. The SMILES string of the molecule is COc1ccccc1[C@H]1C[C@H](CC#N)C[C@H]2C(O)NC[C@@H]12.Cl. The number of halogens is 1. The molecule has 1 saturated carbocycles. The maximum Gasteiger partial charge on any atom is 0.122 e. The normalized spacial score (nSPS) is 33.4. The maximum absolute atomic E-state index is 10.2. The Balaban J connectivity index is 0.00000176. The first-order chi connectivity index (χ1) is 10.2. The molecule has 1 saturated heterocycles. The molecule has 120 valence electrons. The number of nitrogens with zero attached hydrogens (tertiary/aromatic N) is 1. The molecule has 4 nitrogen and oxygen atoms in total. The summed E-state index contributed by atoms with van der Waals surface area (Å²) < 4.78 is 5.52. The lowest BCUT2D eigenvalue weighted by molar-refractivity contribution is 0.0580. The highest BCUT2D eigenvalue weighted by Crippen LogP contribution is 2.49.